The predicted octanol–water partition coefficient (Wildman–Crippen LogP) is 7.23. The van der Waals surface area contributed by atoms with Crippen LogP contribution in [0.3, 0.4) is 0 Å². The van der Waals surface area contributed by atoms with Gasteiger partial charge in [0.05, 0.1) is 14.7 Å². The second-order valence-corrected chi connectivity index (χ2v) is 12.9. The molecule has 0 radical (unpaired) electrons. The van der Waals surface area contributed by atoms with E-state index >= 15 is 0 Å². The lowest BCUT2D eigenvalue weighted by Gasteiger charge is -2.33. The highest BCUT2D eigenvalue weighted by Crippen LogP contribution is 2.35. The molecule has 0 spiro atoms. The normalized spacial score (nSPS) is 11.1. The molecule has 0 saturated heterocycles. The molecule has 0 aliphatic rings. The number of hydrogen-bond donors (Lipinski definition) is 0. The summed E-state index contributed by atoms with van der Waals surface area (Å²) in [5, 5.41) is 0. The van der Waals surface area contributed by atoms with Crippen molar-refractivity contribution < 1.29 is 9.53 Å². The summed E-state index contributed by atoms with van der Waals surface area (Å²) in [6, 6.07) is 4.88. The molecule has 2 nitrogen and oxygen atoms in total. The number of rotatable bonds is 15. The van der Waals surface area contributed by atoms with Crippen LogP contribution in [0.5, 0.6) is 0 Å². The van der Waals surface area contributed by atoms with E-state index in [2.05, 4.69) is 47.1 Å². The van der Waals surface area contributed by atoms with E-state index in [1.54, 1.807) is 6.92 Å². The van der Waals surface area contributed by atoms with Crippen molar-refractivity contribution in [1.29, 1.82) is 0 Å². The number of carbonyl (C=O) groups is 1. The lowest BCUT2D eigenvalue weighted by atomic mass is 10.2. The van der Waals surface area contributed by atoms with Gasteiger partial charge in [0.1, 0.15) is 0 Å². The van der Waals surface area contributed by atoms with Crippen molar-refractivity contribution in [1.82, 2.24) is 0 Å². The van der Waals surface area contributed by atoms with Crippen molar-refractivity contribution >= 4 is 14.0 Å². The minimum atomic E-state index is -1.47. The van der Waals surface area contributed by atoms with Crippen molar-refractivity contribution in [2.24, 2.45) is 0 Å². The molecule has 0 saturated carbocycles. The first-order valence-electron chi connectivity index (χ1n) is 9.84. The minimum absolute atomic E-state index is 0.278. The largest absolute Gasteiger partial charge is 0.462 e. The standard InChI is InChI=1S/C23H40O2Si/c1-19(2)16-26(17-20(3)4,18-21(5)6)15-13-11-9-10-12-14-25-23(24)22(7)8/h1,3,5,7,9-18H2,2,4,6,8H3. The van der Waals surface area contributed by atoms with E-state index in [0.29, 0.717) is 12.2 Å². The van der Waals surface area contributed by atoms with Gasteiger partial charge in [0.2, 0.25) is 0 Å². The topological polar surface area (TPSA) is 26.3 Å². The third-order valence-electron chi connectivity index (χ3n) is 4.46. The van der Waals surface area contributed by atoms with Gasteiger partial charge in [0.25, 0.3) is 0 Å². The molecule has 0 bridgehead atoms. The third-order valence-corrected chi connectivity index (χ3v) is 9.94. The fraction of sp³-hybridized carbons (Fsp3) is 0.609. The molecule has 0 heterocycles. The highest BCUT2D eigenvalue weighted by atomic mass is 28.3. The van der Waals surface area contributed by atoms with Gasteiger partial charge in [-0.15, -0.1) is 19.7 Å². The SMILES string of the molecule is C=C(C)C[Si](CCCCCCCOC(=O)C(=C)C)(CC(=C)C)CC(=C)C. The molecule has 0 rings (SSSR count). The van der Waals surface area contributed by atoms with Crippen molar-refractivity contribution in [2.75, 3.05) is 6.61 Å². The Morgan fingerprint density at radius 3 is 1.58 bits per heavy atom. The van der Waals surface area contributed by atoms with Crippen LogP contribution in [-0.2, 0) is 9.53 Å². The Hall–Kier alpha value is -1.35. The maximum absolute atomic E-state index is 11.3. The van der Waals surface area contributed by atoms with Crippen LogP contribution >= 0.6 is 0 Å². The molecule has 0 N–H and O–H groups in total. The maximum Gasteiger partial charge on any atom is 0.333 e. The highest BCUT2D eigenvalue weighted by Gasteiger charge is 2.32. The number of unbranched alkanes of at least 4 members (excludes halogenated alkanes) is 4. The molecule has 3 heteroatoms. The lowest BCUT2D eigenvalue weighted by molar-refractivity contribution is -0.139. The average molecular weight is 377 g/mol. The number of ether oxygens (including phenoxy) is 1. The Morgan fingerprint density at radius 2 is 1.15 bits per heavy atom. The lowest BCUT2D eigenvalue weighted by Crippen LogP contribution is -2.34. The molecule has 0 amide bonds. The van der Waals surface area contributed by atoms with Crippen molar-refractivity contribution in [3.05, 3.63) is 48.6 Å². The van der Waals surface area contributed by atoms with Crippen LogP contribution in [0.2, 0.25) is 24.2 Å². The molecule has 148 valence electrons. The molecule has 0 aromatic rings. The van der Waals surface area contributed by atoms with Gasteiger partial charge in [0, 0.05) is 5.57 Å². The first-order chi connectivity index (χ1) is 12.1. The van der Waals surface area contributed by atoms with Gasteiger partial charge in [-0.05, 0) is 52.2 Å². The Bertz CT molecular complexity index is 476. The Labute approximate surface area is 163 Å². The van der Waals surface area contributed by atoms with E-state index in [0.717, 1.165) is 12.8 Å². The fourth-order valence-corrected chi connectivity index (χ4v) is 9.54. The average Bonchev–Trinajstić information content (AvgIpc) is 2.47. The second kappa shape index (κ2) is 12.9. The molecule has 0 aromatic carbocycles. The van der Waals surface area contributed by atoms with E-state index in [1.165, 1.54) is 60.2 Å². The molecule has 0 atom stereocenters. The van der Waals surface area contributed by atoms with E-state index < -0.39 is 8.07 Å². The Balaban J connectivity index is 4.33. The van der Waals surface area contributed by atoms with E-state index in [-0.39, 0.29) is 5.97 Å². The summed E-state index contributed by atoms with van der Waals surface area (Å²) in [5.41, 5.74) is 4.38. The maximum atomic E-state index is 11.3. The Morgan fingerprint density at radius 1 is 0.731 bits per heavy atom. The van der Waals surface area contributed by atoms with Crippen LogP contribution in [0.25, 0.3) is 0 Å². The van der Waals surface area contributed by atoms with Crippen LogP contribution in [0.4, 0.5) is 0 Å². The molecule has 0 aliphatic heterocycles. The fourth-order valence-electron chi connectivity index (χ4n) is 3.79. The van der Waals surface area contributed by atoms with E-state index in [4.69, 9.17) is 4.74 Å². The first kappa shape index (κ1) is 24.6. The zero-order valence-electron chi connectivity index (χ0n) is 17.7. The summed E-state index contributed by atoms with van der Waals surface area (Å²) in [6.07, 6.45) is 5.75. The van der Waals surface area contributed by atoms with Crippen molar-refractivity contribution in [2.45, 2.75) is 84.0 Å². The van der Waals surface area contributed by atoms with Gasteiger partial charge in [0.15, 0.2) is 0 Å². The number of hydrogen-bond acceptors (Lipinski definition) is 2. The number of allylic oxidation sites excluding steroid dienone is 3. The molecule has 0 fully saturated rings. The van der Waals surface area contributed by atoms with Crippen LogP contribution < -0.4 is 0 Å². The summed E-state index contributed by atoms with van der Waals surface area (Å²) in [6.45, 7) is 24.8. The van der Waals surface area contributed by atoms with Gasteiger partial charge >= 0.3 is 5.97 Å². The Kier molecular flexibility index (Phi) is 12.2. The van der Waals surface area contributed by atoms with Gasteiger partial charge in [-0.1, -0.05) is 55.0 Å². The van der Waals surface area contributed by atoms with Crippen LogP contribution in [0, 0.1) is 0 Å². The number of carbonyl (C=O) groups excluding carboxylic acids is 1. The minimum Gasteiger partial charge on any atom is -0.462 e. The quantitative estimate of drug-likeness (QED) is 0.0990. The highest BCUT2D eigenvalue weighted by molar-refractivity contribution is 6.81. The van der Waals surface area contributed by atoms with Gasteiger partial charge in [-0.2, -0.15) is 0 Å². The third kappa shape index (κ3) is 12.1. The summed E-state index contributed by atoms with van der Waals surface area (Å²) in [4.78, 5) is 11.3. The molecular formula is C23H40O2Si. The van der Waals surface area contributed by atoms with Crippen LogP contribution in [0.15, 0.2) is 48.6 Å². The molecule has 0 aromatic heterocycles. The summed E-state index contributed by atoms with van der Waals surface area (Å²) in [5.74, 6) is -0.278. The predicted molar refractivity (Wildman–Crippen MR) is 118 cm³/mol. The van der Waals surface area contributed by atoms with Crippen LogP contribution in [0.1, 0.15) is 59.8 Å². The monoisotopic (exact) mass is 376 g/mol. The summed E-state index contributed by atoms with van der Waals surface area (Å²) < 4.78 is 5.13. The zero-order valence-corrected chi connectivity index (χ0v) is 18.7. The smallest absolute Gasteiger partial charge is 0.333 e. The molecule has 26 heavy (non-hydrogen) atoms. The molecule has 0 aliphatic carbocycles. The van der Waals surface area contributed by atoms with Gasteiger partial charge in [-0.25, -0.2) is 4.79 Å². The summed E-state index contributed by atoms with van der Waals surface area (Å²) in [7, 11) is -1.47. The van der Waals surface area contributed by atoms with Gasteiger partial charge in [-0.3, -0.25) is 0 Å². The van der Waals surface area contributed by atoms with E-state index in [9.17, 15) is 4.79 Å². The number of esters is 1. The van der Waals surface area contributed by atoms with E-state index in [1.807, 2.05) is 0 Å². The first-order valence-corrected chi connectivity index (χ1v) is 12.7. The molecule has 0 unspecified atom stereocenters. The van der Waals surface area contributed by atoms with Gasteiger partial charge < -0.3 is 4.74 Å². The van der Waals surface area contributed by atoms with Crippen LogP contribution in [-0.4, -0.2) is 20.7 Å². The summed E-state index contributed by atoms with van der Waals surface area (Å²) >= 11 is 0. The zero-order chi connectivity index (χ0) is 20.2. The van der Waals surface area contributed by atoms with Crippen molar-refractivity contribution in [3.63, 3.8) is 0 Å². The second-order valence-electron chi connectivity index (χ2n) is 8.34. The molecular weight excluding hydrogens is 336 g/mol. The van der Waals surface area contributed by atoms with Crippen molar-refractivity contribution in [3.8, 4) is 0 Å².